The second-order valence-corrected chi connectivity index (χ2v) is 7.73. The Morgan fingerprint density at radius 2 is 2.00 bits per heavy atom. The molecule has 1 atom stereocenters. The van der Waals surface area contributed by atoms with Crippen LogP contribution in [0, 0.1) is 12.3 Å². The Morgan fingerprint density at radius 1 is 1.27 bits per heavy atom. The lowest BCUT2D eigenvalue weighted by atomic mass is 9.72. The van der Waals surface area contributed by atoms with E-state index >= 15 is 0 Å². The molecule has 2 fully saturated rings. The van der Waals surface area contributed by atoms with Crippen molar-refractivity contribution in [2.45, 2.75) is 52.1 Å². The van der Waals surface area contributed by atoms with E-state index in [4.69, 9.17) is 0 Å². The highest BCUT2D eigenvalue weighted by Crippen LogP contribution is 2.40. The molecule has 0 saturated carbocycles. The van der Waals surface area contributed by atoms with Gasteiger partial charge in [-0.25, -0.2) is 0 Å². The fourth-order valence-corrected chi connectivity index (χ4v) is 3.95. The fourth-order valence-electron chi connectivity index (χ4n) is 3.95. The van der Waals surface area contributed by atoms with Gasteiger partial charge in [-0.3, -0.25) is 19.6 Å². The van der Waals surface area contributed by atoms with Crippen LogP contribution in [0.3, 0.4) is 0 Å². The standard InChI is InChI=1S/C19H29N5O2/c1-14-10-22-16(11-21-14)12-24-13-19(5-4-17(24)25)6-8-23(9-7-19)18(26)15(2)20-3/h10-11,15,20H,4-9,12-13H2,1-3H3. The molecule has 142 valence electrons. The largest absolute Gasteiger partial charge is 0.341 e. The average Bonchev–Trinajstić information content (AvgIpc) is 2.66. The van der Waals surface area contributed by atoms with Gasteiger partial charge < -0.3 is 15.1 Å². The van der Waals surface area contributed by atoms with Crippen molar-refractivity contribution < 1.29 is 9.59 Å². The Bertz CT molecular complexity index is 652. The van der Waals surface area contributed by atoms with Crippen molar-refractivity contribution in [2.75, 3.05) is 26.7 Å². The molecule has 1 aromatic rings. The number of carbonyl (C=O) groups excluding carboxylic acids is 2. The zero-order valence-electron chi connectivity index (χ0n) is 16.0. The Labute approximate surface area is 155 Å². The Balaban J connectivity index is 1.62. The molecule has 26 heavy (non-hydrogen) atoms. The maximum atomic E-state index is 12.4. The number of carbonyl (C=O) groups is 2. The molecule has 2 amide bonds. The summed E-state index contributed by atoms with van der Waals surface area (Å²) in [6, 6.07) is -0.145. The minimum absolute atomic E-state index is 0.131. The van der Waals surface area contributed by atoms with Crippen LogP contribution in [0.15, 0.2) is 12.4 Å². The maximum Gasteiger partial charge on any atom is 0.239 e. The fraction of sp³-hybridized carbons (Fsp3) is 0.684. The number of amides is 2. The van der Waals surface area contributed by atoms with Gasteiger partial charge in [0.05, 0.1) is 30.2 Å². The number of likely N-dealkylation sites (tertiary alicyclic amines) is 2. The van der Waals surface area contributed by atoms with Crippen molar-refractivity contribution in [3.05, 3.63) is 23.8 Å². The smallest absolute Gasteiger partial charge is 0.239 e. The Hall–Kier alpha value is -2.02. The van der Waals surface area contributed by atoms with E-state index < -0.39 is 0 Å². The average molecular weight is 359 g/mol. The molecule has 7 nitrogen and oxygen atoms in total. The van der Waals surface area contributed by atoms with E-state index in [9.17, 15) is 9.59 Å². The molecule has 1 N–H and O–H groups in total. The lowest BCUT2D eigenvalue weighted by molar-refractivity contribution is -0.143. The van der Waals surface area contributed by atoms with Crippen LogP contribution < -0.4 is 5.32 Å². The van der Waals surface area contributed by atoms with Crippen LogP contribution in [0.5, 0.6) is 0 Å². The van der Waals surface area contributed by atoms with Crippen molar-refractivity contribution in [1.82, 2.24) is 25.1 Å². The molecule has 3 heterocycles. The van der Waals surface area contributed by atoms with Gasteiger partial charge in [0.25, 0.3) is 0 Å². The van der Waals surface area contributed by atoms with Crippen molar-refractivity contribution in [1.29, 1.82) is 0 Å². The number of piperidine rings is 2. The first kappa shape index (κ1) is 18.8. The molecule has 1 spiro atoms. The molecule has 2 saturated heterocycles. The van der Waals surface area contributed by atoms with Gasteiger partial charge in [0.1, 0.15) is 0 Å². The molecule has 2 aliphatic rings. The zero-order valence-corrected chi connectivity index (χ0v) is 16.0. The number of aryl methyl sites for hydroxylation is 1. The SMILES string of the molecule is CNC(C)C(=O)N1CCC2(CCC(=O)N(Cc3cnc(C)cn3)C2)CC1. The van der Waals surface area contributed by atoms with Gasteiger partial charge in [-0.2, -0.15) is 0 Å². The summed E-state index contributed by atoms with van der Waals surface area (Å²) in [6.07, 6.45) is 6.92. The summed E-state index contributed by atoms with van der Waals surface area (Å²) in [5, 5.41) is 3.02. The van der Waals surface area contributed by atoms with E-state index in [1.165, 1.54) is 0 Å². The second kappa shape index (κ2) is 7.70. The first-order chi connectivity index (χ1) is 12.4. The quantitative estimate of drug-likeness (QED) is 0.872. The number of rotatable bonds is 4. The number of nitrogens with one attached hydrogen (secondary N) is 1. The minimum atomic E-state index is -0.145. The van der Waals surface area contributed by atoms with E-state index in [-0.39, 0.29) is 23.3 Å². The Morgan fingerprint density at radius 3 is 2.62 bits per heavy atom. The summed E-state index contributed by atoms with van der Waals surface area (Å²) in [5.74, 6) is 0.362. The highest BCUT2D eigenvalue weighted by atomic mass is 16.2. The molecule has 7 heteroatoms. The zero-order chi connectivity index (χ0) is 18.7. The minimum Gasteiger partial charge on any atom is -0.341 e. The van der Waals surface area contributed by atoms with E-state index in [2.05, 4.69) is 15.3 Å². The number of aromatic nitrogens is 2. The highest BCUT2D eigenvalue weighted by molar-refractivity contribution is 5.81. The third-order valence-electron chi connectivity index (χ3n) is 5.87. The van der Waals surface area contributed by atoms with E-state index in [1.54, 1.807) is 12.4 Å². The summed E-state index contributed by atoms with van der Waals surface area (Å²) in [6.45, 7) is 6.63. The predicted octanol–water partition coefficient (Wildman–Crippen LogP) is 1.12. The van der Waals surface area contributed by atoms with Crippen LogP contribution >= 0.6 is 0 Å². The van der Waals surface area contributed by atoms with Crippen molar-refractivity contribution >= 4 is 11.8 Å². The molecule has 1 unspecified atom stereocenters. The van der Waals surface area contributed by atoms with Crippen LogP contribution in [0.1, 0.15) is 44.0 Å². The van der Waals surface area contributed by atoms with Gasteiger partial charge >= 0.3 is 0 Å². The summed E-state index contributed by atoms with van der Waals surface area (Å²) < 4.78 is 0. The maximum absolute atomic E-state index is 12.4. The van der Waals surface area contributed by atoms with Gasteiger partial charge in [0.15, 0.2) is 0 Å². The predicted molar refractivity (Wildman–Crippen MR) is 98.2 cm³/mol. The van der Waals surface area contributed by atoms with E-state index in [0.717, 1.165) is 50.3 Å². The van der Waals surface area contributed by atoms with Crippen molar-refractivity contribution in [3.63, 3.8) is 0 Å². The lowest BCUT2D eigenvalue weighted by Gasteiger charge is -2.47. The summed E-state index contributed by atoms with van der Waals surface area (Å²) >= 11 is 0. The molecular weight excluding hydrogens is 330 g/mol. The van der Waals surface area contributed by atoms with Crippen LogP contribution in [0.2, 0.25) is 0 Å². The van der Waals surface area contributed by atoms with Crippen molar-refractivity contribution in [3.8, 4) is 0 Å². The van der Waals surface area contributed by atoms with E-state index in [1.807, 2.05) is 30.7 Å². The summed E-state index contributed by atoms with van der Waals surface area (Å²) in [5.41, 5.74) is 1.84. The highest BCUT2D eigenvalue weighted by Gasteiger charge is 2.42. The molecule has 0 aliphatic carbocycles. The molecule has 0 radical (unpaired) electrons. The monoisotopic (exact) mass is 359 g/mol. The van der Waals surface area contributed by atoms with E-state index in [0.29, 0.717) is 13.0 Å². The first-order valence-corrected chi connectivity index (χ1v) is 9.44. The number of nitrogens with zero attached hydrogens (tertiary/aromatic N) is 4. The molecular formula is C19H29N5O2. The van der Waals surface area contributed by atoms with Gasteiger partial charge in [0, 0.05) is 32.3 Å². The third-order valence-corrected chi connectivity index (χ3v) is 5.87. The molecule has 1 aromatic heterocycles. The van der Waals surface area contributed by atoms with Gasteiger partial charge in [-0.05, 0) is 45.6 Å². The normalized spacial score (nSPS) is 21.1. The molecule has 0 aromatic carbocycles. The topological polar surface area (TPSA) is 78.4 Å². The first-order valence-electron chi connectivity index (χ1n) is 9.44. The number of hydrogen-bond donors (Lipinski definition) is 1. The van der Waals surface area contributed by atoms with Crippen LogP contribution in [0.25, 0.3) is 0 Å². The Kier molecular flexibility index (Phi) is 5.55. The van der Waals surface area contributed by atoms with Crippen LogP contribution in [0.4, 0.5) is 0 Å². The molecule has 3 rings (SSSR count). The van der Waals surface area contributed by atoms with Crippen LogP contribution in [-0.2, 0) is 16.1 Å². The van der Waals surface area contributed by atoms with Crippen LogP contribution in [-0.4, -0.2) is 64.3 Å². The summed E-state index contributed by atoms with van der Waals surface area (Å²) in [4.78, 5) is 37.3. The van der Waals surface area contributed by atoms with Gasteiger partial charge in [-0.1, -0.05) is 0 Å². The van der Waals surface area contributed by atoms with Crippen molar-refractivity contribution in [2.24, 2.45) is 5.41 Å². The lowest BCUT2D eigenvalue weighted by Crippen LogP contribution is -2.54. The third kappa shape index (κ3) is 4.03. The van der Waals surface area contributed by atoms with Gasteiger partial charge in [0.2, 0.25) is 11.8 Å². The molecule has 2 aliphatic heterocycles. The molecule has 0 bridgehead atoms. The second-order valence-electron chi connectivity index (χ2n) is 7.73. The number of hydrogen-bond acceptors (Lipinski definition) is 5. The summed E-state index contributed by atoms with van der Waals surface area (Å²) in [7, 11) is 1.81. The van der Waals surface area contributed by atoms with Gasteiger partial charge in [-0.15, -0.1) is 0 Å². The number of likely N-dealkylation sites (N-methyl/N-ethyl adjacent to an activating group) is 1.